The van der Waals surface area contributed by atoms with Gasteiger partial charge in [-0.15, -0.1) is 11.3 Å². The molecule has 1 aromatic heterocycles. The van der Waals surface area contributed by atoms with Gasteiger partial charge in [-0.25, -0.2) is 4.98 Å². The molecule has 2 aromatic rings. The number of nitrogens with zero attached hydrogens (tertiary/aromatic N) is 1. The van der Waals surface area contributed by atoms with Crippen LogP contribution in [0.2, 0.25) is 0 Å². The molecular formula is C16H22N2S. The third-order valence-electron chi connectivity index (χ3n) is 3.53. The van der Waals surface area contributed by atoms with E-state index in [1.54, 1.807) is 11.3 Å². The first kappa shape index (κ1) is 14.2. The van der Waals surface area contributed by atoms with Crippen molar-refractivity contribution in [2.24, 2.45) is 0 Å². The van der Waals surface area contributed by atoms with Gasteiger partial charge < -0.3 is 5.32 Å². The molecule has 1 atom stereocenters. The molecule has 0 spiro atoms. The first-order valence-electron chi connectivity index (χ1n) is 6.76. The van der Waals surface area contributed by atoms with Gasteiger partial charge in [0, 0.05) is 5.38 Å². The predicted octanol–water partition coefficient (Wildman–Crippen LogP) is 4.08. The maximum absolute atomic E-state index is 4.66. The van der Waals surface area contributed by atoms with Gasteiger partial charge in [-0.05, 0) is 56.5 Å². The summed E-state index contributed by atoms with van der Waals surface area (Å²) in [7, 11) is 0. The Morgan fingerprint density at radius 2 is 1.79 bits per heavy atom. The second-order valence-electron chi connectivity index (χ2n) is 5.08. The summed E-state index contributed by atoms with van der Waals surface area (Å²) < 4.78 is 0. The highest BCUT2D eigenvalue weighted by Crippen LogP contribution is 2.28. The van der Waals surface area contributed by atoms with E-state index in [1.165, 1.54) is 22.3 Å². The molecule has 1 unspecified atom stereocenters. The van der Waals surface area contributed by atoms with Crippen LogP contribution in [-0.4, -0.2) is 11.5 Å². The van der Waals surface area contributed by atoms with Gasteiger partial charge >= 0.3 is 0 Å². The Morgan fingerprint density at radius 1 is 1.11 bits per heavy atom. The monoisotopic (exact) mass is 274 g/mol. The number of thiazole rings is 1. The molecule has 0 saturated carbocycles. The first-order valence-corrected chi connectivity index (χ1v) is 7.64. The highest BCUT2D eigenvalue weighted by Gasteiger charge is 2.18. The molecule has 1 aromatic carbocycles. The molecule has 1 heterocycles. The Morgan fingerprint density at radius 3 is 2.37 bits per heavy atom. The van der Waals surface area contributed by atoms with E-state index in [9.17, 15) is 0 Å². The van der Waals surface area contributed by atoms with Crippen molar-refractivity contribution in [1.82, 2.24) is 10.3 Å². The van der Waals surface area contributed by atoms with Gasteiger partial charge in [0.25, 0.3) is 0 Å². The van der Waals surface area contributed by atoms with Crippen LogP contribution < -0.4 is 5.32 Å². The van der Waals surface area contributed by atoms with Crippen LogP contribution in [0.1, 0.15) is 45.9 Å². The first-order chi connectivity index (χ1) is 9.02. The molecular weight excluding hydrogens is 252 g/mol. The Bertz CT molecular complexity index is 572. The van der Waals surface area contributed by atoms with E-state index in [0.717, 1.165) is 17.2 Å². The van der Waals surface area contributed by atoms with E-state index in [4.69, 9.17) is 0 Å². The molecule has 0 radical (unpaired) electrons. The zero-order chi connectivity index (χ0) is 14.0. The van der Waals surface area contributed by atoms with Crippen LogP contribution in [0.3, 0.4) is 0 Å². The van der Waals surface area contributed by atoms with E-state index in [0.29, 0.717) is 0 Å². The fraction of sp³-hybridized carbons (Fsp3) is 0.438. The summed E-state index contributed by atoms with van der Waals surface area (Å²) in [6, 6.07) is 4.77. The Hall–Kier alpha value is -1.19. The summed E-state index contributed by atoms with van der Waals surface area (Å²) >= 11 is 1.72. The number of benzene rings is 1. The number of hydrogen-bond donors (Lipinski definition) is 1. The molecule has 1 N–H and O–H groups in total. The van der Waals surface area contributed by atoms with Crippen LogP contribution in [-0.2, 0) is 0 Å². The smallest absolute Gasteiger partial charge is 0.0898 e. The third kappa shape index (κ3) is 3.04. The van der Waals surface area contributed by atoms with Gasteiger partial charge in [-0.1, -0.05) is 19.1 Å². The summed E-state index contributed by atoms with van der Waals surface area (Å²) in [5.41, 5.74) is 6.51. The molecule has 0 fully saturated rings. The molecule has 0 saturated heterocycles. The average Bonchev–Trinajstić information content (AvgIpc) is 2.78. The van der Waals surface area contributed by atoms with Crippen molar-refractivity contribution in [2.75, 3.05) is 6.54 Å². The van der Waals surface area contributed by atoms with Crippen LogP contribution in [0.5, 0.6) is 0 Å². The van der Waals surface area contributed by atoms with Gasteiger partial charge in [0.15, 0.2) is 0 Å². The van der Waals surface area contributed by atoms with E-state index in [-0.39, 0.29) is 6.04 Å². The second kappa shape index (κ2) is 5.85. The zero-order valence-electron chi connectivity index (χ0n) is 12.4. The average molecular weight is 274 g/mol. The lowest BCUT2D eigenvalue weighted by Gasteiger charge is -2.20. The van der Waals surface area contributed by atoms with E-state index < -0.39 is 0 Å². The predicted molar refractivity (Wildman–Crippen MR) is 83.0 cm³/mol. The van der Waals surface area contributed by atoms with Crippen molar-refractivity contribution in [3.63, 3.8) is 0 Å². The summed E-state index contributed by atoms with van der Waals surface area (Å²) in [6.45, 7) is 11.7. The Balaban J connectivity index is 2.47. The van der Waals surface area contributed by atoms with Gasteiger partial charge in [0.05, 0.1) is 16.7 Å². The lowest BCUT2D eigenvalue weighted by atomic mass is 9.94. The fourth-order valence-electron chi connectivity index (χ4n) is 2.38. The van der Waals surface area contributed by atoms with Crippen molar-refractivity contribution in [3.05, 3.63) is 50.5 Å². The van der Waals surface area contributed by atoms with Crippen molar-refractivity contribution < 1.29 is 0 Å². The molecule has 2 rings (SSSR count). The molecule has 0 aliphatic carbocycles. The van der Waals surface area contributed by atoms with E-state index in [2.05, 4.69) is 62.4 Å². The molecule has 19 heavy (non-hydrogen) atoms. The van der Waals surface area contributed by atoms with Gasteiger partial charge in [-0.3, -0.25) is 0 Å². The van der Waals surface area contributed by atoms with Crippen molar-refractivity contribution in [2.45, 2.75) is 40.7 Å². The summed E-state index contributed by atoms with van der Waals surface area (Å²) in [4.78, 5) is 4.66. The molecule has 0 aliphatic rings. The topological polar surface area (TPSA) is 24.9 Å². The van der Waals surface area contributed by atoms with Crippen LogP contribution in [0, 0.1) is 27.7 Å². The van der Waals surface area contributed by atoms with Crippen LogP contribution in [0.25, 0.3) is 0 Å². The van der Waals surface area contributed by atoms with Crippen molar-refractivity contribution >= 4 is 11.3 Å². The lowest BCUT2D eigenvalue weighted by molar-refractivity contribution is 0.614. The van der Waals surface area contributed by atoms with Gasteiger partial charge in [-0.2, -0.15) is 0 Å². The van der Waals surface area contributed by atoms with Gasteiger partial charge in [0.2, 0.25) is 0 Å². The zero-order valence-corrected chi connectivity index (χ0v) is 13.2. The SMILES string of the molecule is CCNC(c1csc(C)n1)c1cc(C)c(C)cc1C. The van der Waals surface area contributed by atoms with Gasteiger partial charge in [0.1, 0.15) is 0 Å². The number of rotatable bonds is 4. The molecule has 0 bridgehead atoms. The number of aryl methyl sites for hydroxylation is 4. The quantitative estimate of drug-likeness (QED) is 0.909. The van der Waals surface area contributed by atoms with Crippen LogP contribution in [0.15, 0.2) is 17.5 Å². The van der Waals surface area contributed by atoms with Crippen molar-refractivity contribution in [1.29, 1.82) is 0 Å². The van der Waals surface area contributed by atoms with Crippen molar-refractivity contribution in [3.8, 4) is 0 Å². The minimum absolute atomic E-state index is 0.203. The second-order valence-corrected chi connectivity index (χ2v) is 6.14. The molecule has 0 amide bonds. The Labute approximate surface area is 119 Å². The maximum atomic E-state index is 4.66. The van der Waals surface area contributed by atoms with Crippen LogP contribution >= 0.6 is 11.3 Å². The highest BCUT2D eigenvalue weighted by molar-refractivity contribution is 7.09. The number of nitrogens with one attached hydrogen (secondary N) is 1. The Kier molecular flexibility index (Phi) is 4.38. The molecule has 102 valence electrons. The summed E-state index contributed by atoms with van der Waals surface area (Å²) in [6.07, 6.45) is 0. The normalized spacial score (nSPS) is 12.7. The minimum atomic E-state index is 0.203. The molecule has 3 heteroatoms. The summed E-state index contributed by atoms with van der Waals surface area (Å²) in [5.74, 6) is 0. The largest absolute Gasteiger partial charge is 0.305 e. The van der Waals surface area contributed by atoms with E-state index >= 15 is 0 Å². The van der Waals surface area contributed by atoms with E-state index in [1.807, 2.05) is 0 Å². The highest BCUT2D eigenvalue weighted by atomic mass is 32.1. The lowest BCUT2D eigenvalue weighted by Crippen LogP contribution is -2.23. The van der Waals surface area contributed by atoms with Crippen LogP contribution in [0.4, 0.5) is 0 Å². The minimum Gasteiger partial charge on any atom is -0.305 e. The maximum Gasteiger partial charge on any atom is 0.0898 e. The molecule has 2 nitrogen and oxygen atoms in total. The standard InChI is InChI=1S/C16H22N2S/c1-6-17-16(15-9-19-13(5)18-15)14-8-11(3)10(2)7-12(14)4/h7-9,16-17H,6H2,1-5H3. The summed E-state index contributed by atoms with van der Waals surface area (Å²) in [5, 5.41) is 6.85. The fourth-order valence-corrected chi connectivity index (χ4v) is 3.02. The molecule has 0 aliphatic heterocycles. The number of aromatic nitrogens is 1. The number of hydrogen-bond acceptors (Lipinski definition) is 3. The third-order valence-corrected chi connectivity index (χ3v) is 4.33.